The molecule has 0 aliphatic heterocycles. The lowest BCUT2D eigenvalue weighted by atomic mass is 10.3. The van der Waals surface area contributed by atoms with Gasteiger partial charge in [0, 0.05) is 29.1 Å². The highest BCUT2D eigenvalue weighted by atomic mass is 32.1. The molecule has 1 aromatic carbocycles. The molecule has 0 radical (unpaired) electrons. The molecule has 5 heteroatoms. The van der Waals surface area contributed by atoms with Crippen molar-refractivity contribution in [1.82, 2.24) is 0 Å². The van der Waals surface area contributed by atoms with E-state index in [0.717, 1.165) is 17.0 Å². The van der Waals surface area contributed by atoms with E-state index in [1.165, 1.54) is 0 Å². The Morgan fingerprint density at radius 1 is 1.24 bits per heavy atom. The molecule has 0 atom stereocenters. The largest absolute Gasteiger partial charge is 0.487 e. The first-order chi connectivity index (χ1) is 8.16. The maximum atomic E-state index is 13.3. The molecule has 1 heterocycles. The highest BCUT2D eigenvalue weighted by Gasteiger charge is 2.11. The maximum absolute atomic E-state index is 13.3. The topological polar surface area (TPSA) is 35.2 Å². The van der Waals surface area contributed by atoms with E-state index in [1.807, 2.05) is 17.5 Å². The molecule has 0 spiro atoms. The summed E-state index contributed by atoms with van der Waals surface area (Å²) in [7, 11) is 0. The van der Waals surface area contributed by atoms with Crippen LogP contribution in [0.2, 0.25) is 0 Å². The summed E-state index contributed by atoms with van der Waals surface area (Å²) >= 11 is 1.58. The SMILES string of the molecule is Nc1cc(F)c(OCCc2cccs2)c(F)c1. The van der Waals surface area contributed by atoms with Gasteiger partial charge in [-0.15, -0.1) is 11.3 Å². The van der Waals surface area contributed by atoms with Crippen molar-refractivity contribution < 1.29 is 13.5 Å². The summed E-state index contributed by atoms with van der Waals surface area (Å²) in [6.45, 7) is 0.234. The van der Waals surface area contributed by atoms with Crippen molar-refractivity contribution in [2.24, 2.45) is 0 Å². The first-order valence-corrected chi connectivity index (χ1v) is 5.94. The third-order valence-electron chi connectivity index (χ3n) is 2.20. The van der Waals surface area contributed by atoms with E-state index in [-0.39, 0.29) is 18.0 Å². The summed E-state index contributed by atoms with van der Waals surface area (Å²) in [5.41, 5.74) is 5.35. The Kier molecular flexibility index (Phi) is 3.58. The Balaban J connectivity index is 1.99. The number of thiophene rings is 1. The monoisotopic (exact) mass is 255 g/mol. The number of nitrogens with two attached hydrogens (primary N) is 1. The fourth-order valence-electron chi connectivity index (χ4n) is 1.43. The van der Waals surface area contributed by atoms with E-state index in [0.29, 0.717) is 6.42 Å². The van der Waals surface area contributed by atoms with Gasteiger partial charge in [-0.1, -0.05) is 6.07 Å². The number of anilines is 1. The first kappa shape index (κ1) is 11.9. The zero-order chi connectivity index (χ0) is 12.3. The molecule has 0 saturated heterocycles. The second-order valence-corrected chi connectivity index (χ2v) is 4.52. The van der Waals surface area contributed by atoms with Crippen molar-refractivity contribution in [3.63, 3.8) is 0 Å². The van der Waals surface area contributed by atoms with Gasteiger partial charge in [0.2, 0.25) is 0 Å². The number of nitrogen functional groups attached to an aromatic ring is 1. The molecule has 17 heavy (non-hydrogen) atoms. The Morgan fingerprint density at radius 3 is 2.53 bits per heavy atom. The highest BCUT2D eigenvalue weighted by Crippen LogP contribution is 2.24. The van der Waals surface area contributed by atoms with E-state index < -0.39 is 11.6 Å². The lowest BCUT2D eigenvalue weighted by Crippen LogP contribution is -2.04. The Morgan fingerprint density at radius 2 is 1.94 bits per heavy atom. The Labute approximate surface area is 102 Å². The van der Waals surface area contributed by atoms with Crippen LogP contribution in [0.4, 0.5) is 14.5 Å². The van der Waals surface area contributed by atoms with Crippen molar-refractivity contribution in [2.75, 3.05) is 12.3 Å². The van der Waals surface area contributed by atoms with Crippen LogP contribution in [0.1, 0.15) is 4.88 Å². The molecule has 2 nitrogen and oxygen atoms in total. The molecule has 0 aliphatic rings. The number of ether oxygens (including phenoxy) is 1. The summed E-state index contributed by atoms with van der Waals surface area (Å²) in [6.07, 6.45) is 0.626. The third kappa shape index (κ3) is 2.94. The lowest BCUT2D eigenvalue weighted by molar-refractivity contribution is 0.289. The van der Waals surface area contributed by atoms with Gasteiger partial charge in [0.05, 0.1) is 6.61 Å². The molecule has 2 rings (SSSR count). The van der Waals surface area contributed by atoms with Crippen LogP contribution in [0, 0.1) is 11.6 Å². The van der Waals surface area contributed by atoms with Crippen LogP contribution in [-0.4, -0.2) is 6.61 Å². The van der Waals surface area contributed by atoms with Crippen molar-refractivity contribution in [3.05, 3.63) is 46.2 Å². The van der Waals surface area contributed by atoms with Crippen LogP contribution in [0.15, 0.2) is 29.6 Å². The number of hydrogen-bond donors (Lipinski definition) is 1. The fourth-order valence-corrected chi connectivity index (χ4v) is 2.12. The van der Waals surface area contributed by atoms with Crippen LogP contribution in [0.3, 0.4) is 0 Å². The molecular weight excluding hydrogens is 244 g/mol. The predicted octanol–water partition coefficient (Wildman–Crippen LogP) is 3.23. The van der Waals surface area contributed by atoms with E-state index in [1.54, 1.807) is 11.3 Å². The minimum atomic E-state index is -0.770. The summed E-state index contributed by atoms with van der Waals surface area (Å²) < 4.78 is 31.8. The van der Waals surface area contributed by atoms with E-state index >= 15 is 0 Å². The van der Waals surface area contributed by atoms with Crippen LogP contribution in [0.25, 0.3) is 0 Å². The zero-order valence-electron chi connectivity index (χ0n) is 8.95. The lowest BCUT2D eigenvalue weighted by Gasteiger charge is -2.08. The van der Waals surface area contributed by atoms with Crippen molar-refractivity contribution in [3.8, 4) is 5.75 Å². The summed E-state index contributed by atoms with van der Waals surface area (Å²) in [5.74, 6) is -1.90. The van der Waals surface area contributed by atoms with Gasteiger partial charge in [0.15, 0.2) is 17.4 Å². The minimum absolute atomic E-state index is 0.0469. The molecule has 0 amide bonds. The maximum Gasteiger partial charge on any atom is 0.190 e. The standard InChI is InChI=1S/C12H11F2NOS/c13-10-6-8(15)7-11(14)12(10)16-4-3-9-2-1-5-17-9/h1-2,5-7H,3-4,15H2. The number of rotatable bonds is 4. The molecule has 0 fully saturated rings. The van der Waals surface area contributed by atoms with Crippen LogP contribution in [0.5, 0.6) is 5.75 Å². The third-order valence-corrected chi connectivity index (χ3v) is 3.13. The van der Waals surface area contributed by atoms with Crippen LogP contribution < -0.4 is 10.5 Å². The van der Waals surface area contributed by atoms with Gasteiger partial charge in [-0.25, -0.2) is 8.78 Å². The normalized spacial score (nSPS) is 10.5. The predicted molar refractivity (Wildman–Crippen MR) is 64.3 cm³/mol. The van der Waals surface area contributed by atoms with Gasteiger partial charge < -0.3 is 10.5 Å². The molecule has 0 saturated carbocycles. The van der Waals surface area contributed by atoms with Gasteiger partial charge in [-0.3, -0.25) is 0 Å². The molecule has 2 N–H and O–H groups in total. The fraction of sp³-hybridized carbons (Fsp3) is 0.167. The molecule has 0 unspecified atom stereocenters. The molecule has 0 aliphatic carbocycles. The zero-order valence-corrected chi connectivity index (χ0v) is 9.77. The minimum Gasteiger partial charge on any atom is -0.487 e. The molecule has 2 aromatic rings. The van der Waals surface area contributed by atoms with Crippen molar-refractivity contribution in [1.29, 1.82) is 0 Å². The van der Waals surface area contributed by atoms with E-state index in [9.17, 15) is 8.78 Å². The summed E-state index contributed by atoms with van der Waals surface area (Å²) in [6, 6.07) is 5.96. The number of hydrogen-bond acceptors (Lipinski definition) is 3. The molecule has 0 bridgehead atoms. The molecule has 90 valence electrons. The van der Waals surface area contributed by atoms with Gasteiger partial charge in [-0.05, 0) is 11.4 Å². The average molecular weight is 255 g/mol. The van der Waals surface area contributed by atoms with Crippen molar-refractivity contribution >= 4 is 17.0 Å². The van der Waals surface area contributed by atoms with Gasteiger partial charge in [0.1, 0.15) is 0 Å². The van der Waals surface area contributed by atoms with E-state index in [2.05, 4.69) is 0 Å². The molecular formula is C12H11F2NOS. The van der Waals surface area contributed by atoms with Gasteiger partial charge in [-0.2, -0.15) is 0 Å². The quantitative estimate of drug-likeness (QED) is 0.851. The van der Waals surface area contributed by atoms with E-state index in [4.69, 9.17) is 10.5 Å². The second-order valence-electron chi connectivity index (χ2n) is 3.49. The van der Waals surface area contributed by atoms with Gasteiger partial charge >= 0.3 is 0 Å². The highest BCUT2D eigenvalue weighted by molar-refractivity contribution is 7.09. The van der Waals surface area contributed by atoms with Crippen LogP contribution in [-0.2, 0) is 6.42 Å². The summed E-state index contributed by atoms with van der Waals surface area (Å²) in [4.78, 5) is 1.11. The first-order valence-electron chi connectivity index (χ1n) is 5.06. The van der Waals surface area contributed by atoms with Gasteiger partial charge in [0.25, 0.3) is 0 Å². The van der Waals surface area contributed by atoms with Crippen molar-refractivity contribution in [2.45, 2.75) is 6.42 Å². The summed E-state index contributed by atoms with van der Waals surface area (Å²) in [5, 5.41) is 1.94. The second kappa shape index (κ2) is 5.14. The number of halogens is 2. The molecule has 1 aromatic heterocycles. The van der Waals surface area contributed by atoms with Crippen LogP contribution >= 0.6 is 11.3 Å². The Hall–Kier alpha value is -1.62. The smallest absolute Gasteiger partial charge is 0.190 e. The Bertz CT molecular complexity index is 476. The number of benzene rings is 1. The average Bonchev–Trinajstić information content (AvgIpc) is 2.74.